The second-order valence-corrected chi connectivity index (χ2v) is 6.60. The molecule has 0 heterocycles. The van der Waals surface area contributed by atoms with Gasteiger partial charge < -0.3 is 10.4 Å². The highest BCUT2D eigenvalue weighted by molar-refractivity contribution is 5.32. The monoisotopic (exact) mass is 275 g/mol. The van der Waals surface area contributed by atoms with Crippen molar-refractivity contribution in [2.24, 2.45) is 0 Å². The van der Waals surface area contributed by atoms with Crippen molar-refractivity contribution in [2.75, 3.05) is 6.54 Å². The van der Waals surface area contributed by atoms with Crippen LogP contribution in [0, 0.1) is 13.8 Å². The van der Waals surface area contributed by atoms with E-state index < -0.39 is 5.60 Å². The van der Waals surface area contributed by atoms with Crippen LogP contribution in [0.1, 0.15) is 68.2 Å². The van der Waals surface area contributed by atoms with Crippen LogP contribution in [0.25, 0.3) is 0 Å². The van der Waals surface area contributed by atoms with Gasteiger partial charge in [-0.15, -0.1) is 0 Å². The van der Waals surface area contributed by atoms with E-state index in [1.165, 1.54) is 29.5 Å². The first-order chi connectivity index (χ1) is 9.50. The quantitative estimate of drug-likeness (QED) is 0.813. The summed E-state index contributed by atoms with van der Waals surface area (Å²) >= 11 is 0. The van der Waals surface area contributed by atoms with Gasteiger partial charge in [0.05, 0.1) is 5.60 Å². The second kappa shape index (κ2) is 6.73. The Kier molecular flexibility index (Phi) is 5.22. The van der Waals surface area contributed by atoms with E-state index in [4.69, 9.17) is 0 Å². The third-order valence-electron chi connectivity index (χ3n) is 4.66. The molecule has 0 aromatic heterocycles. The standard InChI is InChI=1S/C18H29NO/c1-14-8-9-17(15(2)12-14)16(3)19-13-18(20)10-6-4-5-7-11-18/h8-9,12,16,19-20H,4-7,10-11,13H2,1-3H3. The van der Waals surface area contributed by atoms with E-state index in [-0.39, 0.29) is 0 Å². The summed E-state index contributed by atoms with van der Waals surface area (Å²) in [6.07, 6.45) is 6.76. The minimum absolute atomic E-state index is 0.294. The first-order valence-corrected chi connectivity index (χ1v) is 8.03. The first kappa shape index (κ1) is 15.5. The Hall–Kier alpha value is -0.860. The lowest BCUT2D eigenvalue weighted by Crippen LogP contribution is -2.41. The van der Waals surface area contributed by atoms with Gasteiger partial charge in [0.25, 0.3) is 0 Å². The number of aliphatic hydroxyl groups is 1. The number of nitrogens with one attached hydrogen (secondary N) is 1. The van der Waals surface area contributed by atoms with Gasteiger partial charge in [-0.2, -0.15) is 0 Å². The molecule has 0 amide bonds. The third-order valence-corrected chi connectivity index (χ3v) is 4.66. The molecule has 1 saturated carbocycles. The highest BCUT2D eigenvalue weighted by Crippen LogP contribution is 2.27. The summed E-state index contributed by atoms with van der Waals surface area (Å²) < 4.78 is 0. The molecule has 0 saturated heterocycles. The zero-order valence-electron chi connectivity index (χ0n) is 13.2. The van der Waals surface area contributed by atoms with Crippen molar-refractivity contribution in [3.63, 3.8) is 0 Å². The normalized spacial score (nSPS) is 20.4. The van der Waals surface area contributed by atoms with Crippen LogP contribution in [0.4, 0.5) is 0 Å². The van der Waals surface area contributed by atoms with Crippen molar-refractivity contribution in [3.8, 4) is 0 Å². The van der Waals surface area contributed by atoms with Crippen molar-refractivity contribution in [1.29, 1.82) is 0 Å². The predicted molar refractivity (Wildman–Crippen MR) is 85.0 cm³/mol. The highest BCUT2D eigenvalue weighted by Gasteiger charge is 2.28. The van der Waals surface area contributed by atoms with Gasteiger partial charge in [0.2, 0.25) is 0 Å². The molecule has 1 aliphatic carbocycles. The molecule has 1 fully saturated rings. The minimum atomic E-state index is -0.497. The summed E-state index contributed by atoms with van der Waals surface area (Å²) in [5.41, 5.74) is 3.48. The Bertz CT molecular complexity index is 433. The molecule has 1 aliphatic rings. The van der Waals surface area contributed by atoms with Crippen molar-refractivity contribution in [2.45, 2.75) is 70.9 Å². The van der Waals surface area contributed by atoms with E-state index >= 15 is 0 Å². The van der Waals surface area contributed by atoms with Gasteiger partial charge in [-0.05, 0) is 44.7 Å². The Morgan fingerprint density at radius 1 is 1.15 bits per heavy atom. The number of rotatable bonds is 4. The van der Waals surface area contributed by atoms with Gasteiger partial charge in [0.1, 0.15) is 0 Å². The molecular formula is C18H29NO. The van der Waals surface area contributed by atoms with Crippen LogP contribution in [0.3, 0.4) is 0 Å². The molecule has 0 bridgehead atoms. The van der Waals surface area contributed by atoms with Crippen molar-refractivity contribution >= 4 is 0 Å². The lowest BCUT2D eigenvalue weighted by molar-refractivity contribution is 0.0231. The number of hydrogen-bond donors (Lipinski definition) is 2. The molecule has 1 unspecified atom stereocenters. The molecule has 2 heteroatoms. The number of benzene rings is 1. The second-order valence-electron chi connectivity index (χ2n) is 6.60. The molecule has 0 spiro atoms. The van der Waals surface area contributed by atoms with Crippen molar-refractivity contribution < 1.29 is 5.11 Å². The minimum Gasteiger partial charge on any atom is -0.389 e. The maximum absolute atomic E-state index is 10.7. The zero-order valence-corrected chi connectivity index (χ0v) is 13.2. The summed E-state index contributed by atoms with van der Waals surface area (Å²) in [6, 6.07) is 6.90. The van der Waals surface area contributed by atoms with E-state index in [9.17, 15) is 5.11 Å². The molecule has 1 aromatic carbocycles. The molecular weight excluding hydrogens is 246 g/mol. The van der Waals surface area contributed by atoms with Crippen LogP contribution in [0.2, 0.25) is 0 Å². The average Bonchev–Trinajstić information content (AvgIpc) is 2.61. The van der Waals surface area contributed by atoms with Gasteiger partial charge >= 0.3 is 0 Å². The van der Waals surface area contributed by atoms with E-state index in [2.05, 4.69) is 44.3 Å². The summed E-state index contributed by atoms with van der Waals surface area (Å²) in [4.78, 5) is 0. The smallest absolute Gasteiger partial charge is 0.0771 e. The van der Waals surface area contributed by atoms with Crippen LogP contribution in [-0.4, -0.2) is 17.3 Å². The van der Waals surface area contributed by atoms with Crippen LogP contribution in [0.5, 0.6) is 0 Å². The first-order valence-electron chi connectivity index (χ1n) is 8.03. The third kappa shape index (κ3) is 4.07. The maximum atomic E-state index is 10.7. The molecule has 1 aromatic rings. The van der Waals surface area contributed by atoms with E-state index in [1.807, 2.05) is 0 Å². The van der Waals surface area contributed by atoms with Gasteiger partial charge in [0, 0.05) is 12.6 Å². The average molecular weight is 275 g/mol. The predicted octanol–water partition coefficient (Wildman–Crippen LogP) is 4.04. The molecule has 0 radical (unpaired) electrons. The molecule has 20 heavy (non-hydrogen) atoms. The van der Waals surface area contributed by atoms with Crippen molar-refractivity contribution in [3.05, 3.63) is 34.9 Å². The van der Waals surface area contributed by atoms with E-state index in [0.717, 1.165) is 25.7 Å². The number of aryl methyl sites for hydroxylation is 2. The molecule has 2 rings (SSSR count). The molecule has 0 aliphatic heterocycles. The molecule has 2 nitrogen and oxygen atoms in total. The van der Waals surface area contributed by atoms with Gasteiger partial charge in [-0.3, -0.25) is 0 Å². The van der Waals surface area contributed by atoms with Crippen LogP contribution < -0.4 is 5.32 Å². The Balaban J connectivity index is 1.95. The lowest BCUT2D eigenvalue weighted by atomic mass is 9.93. The van der Waals surface area contributed by atoms with E-state index in [0.29, 0.717) is 12.6 Å². The fourth-order valence-electron chi connectivity index (χ4n) is 3.33. The van der Waals surface area contributed by atoms with Crippen molar-refractivity contribution in [1.82, 2.24) is 5.32 Å². The van der Waals surface area contributed by atoms with Crippen LogP contribution in [-0.2, 0) is 0 Å². The van der Waals surface area contributed by atoms with Gasteiger partial charge in [-0.25, -0.2) is 0 Å². The fraction of sp³-hybridized carbons (Fsp3) is 0.667. The maximum Gasteiger partial charge on any atom is 0.0771 e. The topological polar surface area (TPSA) is 32.3 Å². The Morgan fingerprint density at radius 3 is 2.40 bits per heavy atom. The summed E-state index contributed by atoms with van der Waals surface area (Å²) in [5.74, 6) is 0. The zero-order chi connectivity index (χ0) is 14.6. The fourth-order valence-corrected chi connectivity index (χ4v) is 3.33. The van der Waals surface area contributed by atoms with Gasteiger partial charge in [-0.1, -0.05) is 49.4 Å². The van der Waals surface area contributed by atoms with Crippen LogP contribution in [0.15, 0.2) is 18.2 Å². The van der Waals surface area contributed by atoms with Gasteiger partial charge in [0.15, 0.2) is 0 Å². The molecule has 112 valence electrons. The van der Waals surface area contributed by atoms with E-state index in [1.54, 1.807) is 0 Å². The summed E-state index contributed by atoms with van der Waals surface area (Å²) in [6.45, 7) is 7.20. The Labute approximate surface area is 123 Å². The highest BCUT2D eigenvalue weighted by atomic mass is 16.3. The molecule has 2 N–H and O–H groups in total. The molecule has 1 atom stereocenters. The number of hydrogen-bond acceptors (Lipinski definition) is 2. The summed E-state index contributed by atoms with van der Waals surface area (Å²) in [5, 5.41) is 14.2. The SMILES string of the molecule is Cc1ccc(C(C)NCC2(O)CCCCCC2)c(C)c1. The largest absolute Gasteiger partial charge is 0.389 e. The summed E-state index contributed by atoms with van der Waals surface area (Å²) in [7, 11) is 0. The van der Waals surface area contributed by atoms with Crippen LogP contribution >= 0.6 is 0 Å². The lowest BCUT2D eigenvalue weighted by Gasteiger charge is -2.29. The Morgan fingerprint density at radius 2 is 1.80 bits per heavy atom.